The Bertz CT molecular complexity index is 1140. The zero-order chi connectivity index (χ0) is 24.2. The van der Waals surface area contributed by atoms with Crippen LogP contribution < -0.4 is 4.74 Å². The van der Waals surface area contributed by atoms with Crippen molar-refractivity contribution >= 4 is 34.5 Å². The van der Waals surface area contributed by atoms with E-state index in [-0.39, 0.29) is 42.9 Å². The Kier molecular flexibility index (Phi) is 7.46. The van der Waals surface area contributed by atoms with E-state index < -0.39 is 0 Å². The first-order valence-corrected chi connectivity index (χ1v) is 13.5. The van der Waals surface area contributed by atoms with Crippen molar-refractivity contribution in [3.8, 4) is 5.75 Å². The number of hydrogen-bond acceptors (Lipinski definition) is 6. The Morgan fingerprint density at radius 3 is 2.74 bits per heavy atom. The number of amides is 2. The molecule has 0 bridgehead atoms. The second kappa shape index (κ2) is 10.9. The number of thiophene rings is 2. The van der Waals surface area contributed by atoms with E-state index in [4.69, 9.17) is 9.47 Å². The van der Waals surface area contributed by atoms with Gasteiger partial charge >= 0.3 is 0 Å². The Morgan fingerprint density at radius 1 is 1.14 bits per heavy atom. The van der Waals surface area contributed by atoms with Gasteiger partial charge in [-0.2, -0.15) is 0 Å². The monoisotopic (exact) mass is 514 g/mol. The molecular weight excluding hydrogens is 487 g/mol. The van der Waals surface area contributed by atoms with Gasteiger partial charge in [-0.15, -0.1) is 22.7 Å². The number of carbonyl (C=O) groups is 2. The van der Waals surface area contributed by atoms with Gasteiger partial charge in [0.2, 0.25) is 5.91 Å². The summed E-state index contributed by atoms with van der Waals surface area (Å²) in [7, 11) is 0. The van der Waals surface area contributed by atoms with Crippen molar-refractivity contribution in [2.45, 2.75) is 31.4 Å². The van der Waals surface area contributed by atoms with Gasteiger partial charge in [0.25, 0.3) is 5.91 Å². The van der Waals surface area contributed by atoms with Gasteiger partial charge in [0.05, 0.1) is 17.0 Å². The van der Waals surface area contributed by atoms with Crippen LogP contribution >= 0.6 is 22.7 Å². The molecule has 0 radical (unpaired) electrons. The molecule has 1 fully saturated rings. The molecule has 2 aliphatic rings. The van der Waals surface area contributed by atoms with Crippen molar-refractivity contribution in [1.29, 1.82) is 0 Å². The molecule has 3 aromatic rings. The Labute approximate surface area is 211 Å². The largest absolute Gasteiger partial charge is 0.491 e. The molecule has 1 aromatic carbocycles. The fraction of sp³-hybridized carbons (Fsp3) is 0.385. The third-order valence-corrected chi connectivity index (χ3v) is 8.28. The summed E-state index contributed by atoms with van der Waals surface area (Å²) >= 11 is 3.06. The second-order valence-electron chi connectivity index (χ2n) is 8.71. The van der Waals surface area contributed by atoms with Gasteiger partial charge in [-0.25, -0.2) is 4.39 Å². The second-order valence-corrected chi connectivity index (χ2v) is 10.7. The summed E-state index contributed by atoms with van der Waals surface area (Å²) in [5, 5.41) is 3.90. The fourth-order valence-electron chi connectivity index (χ4n) is 4.64. The lowest BCUT2D eigenvalue weighted by Gasteiger charge is -2.37. The molecule has 1 saturated heterocycles. The van der Waals surface area contributed by atoms with Crippen LogP contribution in [0.4, 0.5) is 4.39 Å². The highest BCUT2D eigenvalue weighted by Gasteiger charge is 2.34. The lowest BCUT2D eigenvalue weighted by atomic mass is 10.0. The van der Waals surface area contributed by atoms with Crippen LogP contribution in [0.2, 0.25) is 0 Å². The summed E-state index contributed by atoms with van der Waals surface area (Å²) < 4.78 is 25.0. The predicted molar refractivity (Wildman–Crippen MR) is 134 cm³/mol. The summed E-state index contributed by atoms with van der Waals surface area (Å²) in [6, 6.07) is 11.3. The van der Waals surface area contributed by atoms with E-state index in [9.17, 15) is 14.0 Å². The number of rotatable bonds is 8. The number of benzene rings is 1. The first-order valence-electron chi connectivity index (χ1n) is 11.8. The van der Waals surface area contributed by atoms with Crippen molar-refractivity contribution < 1.29 is 23.5 Å². The molecule has 9 heteroatoms. The predicted octanol–water partition coefficient (Wildman–Crippen LogP) is 4.77. The average Bonchev–Trinajstić information content (AvgIpc) is 3.65. The van der Waals surface area contributed by atoms with E-state index >= 15 is 0 Å². The minimum absolute atomic E-state index is 0.0108. The number of ether oxygens (including phenoxy) is 2. The zero-order valence-electron chi connectivity index (χ0n) is 19.2. The lowest BCUT2D eigenvalue weighted by Crippen LogP contribution is -2.49. The molecule has 184 valence electrons. The molecule has 35 heavy (non-hydrogen) atoms. The summed E-state index contributed by atoms with van der Waals surface area (Å²) in [4.78, 5) is 32.2. The molecule has 0 spiro atoms. The van der Waals surface area contributed by atoms with Crippen LogP contribution in [0.5, 0.6) is 5.75 Å². The first kappa shape index (κ1) is 24.0. The summed E-state index contributed by atoms with van der Waals surface area (Å²) in [5.41, 5.74) is 1.08. The van der Waals surface area contributed by atoms with Gasteiger partial charge in [0, 0.05) is 24.6 Å². The lowest BCUT2D eigenvalue weighted by molar-refractivity contribution is -0.135. The van der Waals surface area contributed by atoms with Crippen molar-refractivity contribution in [3.05, 3.63) is 74.4 Å². The summed E-state index contributed by atoms with van der Waals surface area (Å²) in [6.45, 7) is 1.89. The number of carbonyl (C=O) groups excluding carboxylic acids is 2. The minimum atomic E-state index is -0.325. The Hall–Kier alpha value is -2.75. The Balaban J connectivity index is 1.33. The van der Waals surface area contributed by atoms with Crippen LogP contribution in [-0.2, 0) is 16.0 Å². The molecule has 6 nitrogen and oxygen atoms in total. The van der Waals surface area contributed by atoms with Gasteiger partial charge < -0.3 is 19.3 Å². The number of fused-ring (bicyclic) bond motifs is 1. The maximum absolute atomic E-state index is 13.6. The summed E-state index contributed by atoms with van der Waals surface area (Å²) in [5.74, 6) is -0.0311. The molecule has 0 saturated carbocycles. The maximum Gasteiger partial charge on any atom is 0.264 e. The van der Waals surface area contributed by atoms with Crippen LogP contribution in [0.15, 0.2) is 53.2 Å². The molecule has 0 aliphatic carbocycles. The first-order chi connectivity index (χ1) is 17.1. The number of hydrogen-bond donors (Lipinski definition) is 0. The normalized spacial score (nSPS) is 19.4. The van der Waals surface area contributed by atoms with E-state index in [1.165, 1.54) is 28.3 Å². The number of halogens is 1. The third kappa shape index (κ3) is 5.58. The maximum atomic E-state index is 13.6. The quantitative estimate of drug-likeness (QED) is 0.434. The van der Waals surface area contributed by atoms with Gasteiger partial charge in [-0.3, -0.25) is 9.59 Å². The molecule has 0 N–H and O–H groups in total. The fourth-order valence-corrected chi connectivity index (χ4v) is 6.26. The van der Waals surface area contributed by atoms with Crippen molar-refractivity contribution in [1.82, 2.24) is 9.80 Å². The highest BCUT2D eigenvalue weighted by atomic mass is 32.1. The van der Waals surface area contributed by atoms with E-state index in [0.717, 1.165) is 24.8 Å². The van der Waals surface area contributed by atoms with Gasteiger partial charge in [-0.05, 0) is 72.0 Å². The third-order valence-electron chi connectivity index (χ3n) is 6.43. The highest BCUT2D eigenvalue weighted by molar-refractivity contribution is 7.12. The van der Waals surface area contributed by atoms with Crippen LogP contribution in [0.25, 0.3) is 0 Å². The van der Waals surface area contributed by atoms with Crippen molar-refractivity contribution in [2.75, 3.05) is 32.8 Å². The van der Waals surface area contributed by atoms with Gasteiger partial charge in [-0.1, -0.05) is 6.07 Å². The molecule has 2 amide bonds. The molecule has 2 aliphatic heterocycles. The molecule has 2 atom stereocenters. The average molecular weight is 515 g/mol. The van der Waals surface area contributed by atoms with Crippen LogP contribution in [0.3, 0.4) is 0 Å². The molecule has 5 rings (SSSR count). The van der Waals surface area contributed by atoms with Crippen molar-refractivity contribution in [2.24, 2.45) is 0 Å². The minimum Gasteiger partial charge on any atom is -0.491 e. The molecular formula is C26H27FN2O4S2. The van der Waals surface area contributed by atoms with E-state index in [2.05, 4.69) is 0 Å². The van der Waals surface area contributed by atoms with E-state index in [0.29, 0.717) is 30.3 Å². The van der Waals surface area contributed by atoms with E-state index in [1.807, 2.05) is 27.8 Å². The zero-order valence-corrected chi connectivity index (χ0v) is 20.9. The highest BCUT2D eigenvalue weighted by Crippen LogP contribution is 2.34. The molecule has 2 aromatic heterocycles. The standard InChI is InChI=1S/C26H27FN2O4S2/c27-18-5-7-19(8-6-18)33-17-22-21-10-14-35-23(21)9-11-29(22)25(30)16-28(15-20-3-1-12-32-20)26(31)24-4-2-13-34-24/h2,4-8,10,13-14,20,22H,1,3,9,11-12,15-17H2/t20-,22-/m1/s1. The topological polar surface area (TPSA) is 59.1 Å². The Morgan fingerprint density at radius 2 is 2.00 bits per heavy atom. The number of nitrogens with zero attached hydrogens (tertiary/aromatic N) is 2. The van der Waals surface area contributed by atoms with E-state index in [1.54, 1.807) is 34.4 Å². The summed E-state index contributed by atoms with van der Waals surface area (Å²) in [6.07, 6.45) is 2.58. The van der Waals surface area contributed by atoms with Crippen molar-refractivity contribution in [3.63, 3.8) is 0 Å². The van der Waals surface area contributed by atoms with Gasteiger partial charge in [0.1, 0.15) is 24.7 Å². The van der Waals surface area contributed by atoms with Crippen LogP contribution in [0, 0.1) is 5.82 Å². The van der Waals surface area contributed by atoms with Crippen LogP contribution in [-0.4, -0.2) is 60.6 Å². The SMILES string of the molecule is O=C(c1cccs1)N(CC(=O)N1CCc2sccc2[C@H]1COc1ccc(F)cc1)C[C@H]1CCCO1. The van der Waals surface area contributed by atoms with Crippen LogP contribution in [0.1, 0.15) is 39.0 Å². The molecule has 0 unspecified atom stereocenters. The van der Waals surface area contributed by atoms with Gasteiger partial charge in [0.15, 0.2) is 0 Å². The smallest absolute Gasteiger partial charge is 0.264 e. The molecule has 4 heterocycles.